The average Bonchev–Trinajstić information content (AvgIpc) is 3.24. The second kappa shape index (κ2) is 9.82. The van der Waals surface area contributed by atoms with Crippen LogP contribution >= 0.6 is 11.3 Å². The normalized spacial score (nSPS) is 22.3. The number of benzene rings is 1. The van der Waals surface area contributed by atoms with Crippen LogP contribution in [0.15, 0.2) is 35.7 Å². The molecule has 0 spiro atoms. The maximum Gasteiger partial charge on any atom is 0.225 e. The second-order valence-electron chi connectivity index (χ2n) is 9.85. The lowest BCUT2D eigenvalue weighted by molar-refractivity contribution is 0.324. The molecule has 6 heteroatoms. The Morgan fingerprint density at radius 2 is 1.91 bits per heavy atom. The summed E-state index contributed by atoms with van der Waals surface area (Å²) in [5.74, 6) is 3.15. The molecule has 2 N–H and O–H groups in total. The summed E-state index contributed by atoms with van der Waals surface area (Å²) in [6.07, 6.45) is 10.7. The summed E-state index contributed by atoms with van der Waals surface area (Å²) in [6, 6.07) is 8.70. The van der Waals surface area contributed by atoms with Gasteiger partial charge in [-0.25, -0.2) is 4.98 Å². The largest absolute Gasteiger partial charge is 0.362 e. The predicted octanol–water partition coefficient (Wildman–Crippen LogP) is 6.04. The monoisotopic (exact) mass is 461 g/mol. The zero-order valence-corrected chi connectivity index (χ0v) is 20.8. The number of allylic oxidation sites excluding steroid dienone is 1. The molecule has 1 atom stereocenters. The number of hydrogen-bond donors (Lipinski definition) is 2. The number of fused-ring (bicyclic) bond motifs is 2. The highest BCUT2D eigenvalue weighted by Gasteiger charge is 2.23. The Morgan fingerprint density at radius 3 is 2.73 bits per heavy atom. The molecule has 0 bridgehead atoms. The minimum absolute atomic E-state index is 0.452. The van der Waals surface area contributed by atoms with Crippen molar-refractivity contribution in [3.05, 3.63) is 51.7 Å². The SMILES string of the molecule is CC1CC=Cc2c(CNCC3CCC(Nc4nc(N(C)C)c5ccccc5n4)CC3)csc21. The van der Waals surface area contributed by atoms with Crippen LogP contribution < -0.4 is 15.5 Å². The third-order valence-corrected chi connectivity index (χ3v) is 8.38. The summed E-state index contributed by atoms with van der Waals surface area (Å²) < 4.78 is 0. The molecule has 2 heterocycles. The van der Waals surface area contributed by atoms with Gasteiger partial charge >= 0.3 is 0 Å². The van der Waals surface area contributed by atoms with Crippen LogP contribution in [0.2, 0.25) is 0 Å². The summed E-state index contributed by atoms with van der Waals surface area (Å²) in [4.78, 5) is 13.2. The van der Waals surface area contributed by atoms with E-state index in [-0.39, 0.29) is 0 Å². The maximum atomic E-state index is 4.82. The van der Waals surface area contributed by atoms with Crippen molar-refractivity contribution >= 4 is 40.1 Å². The maximum absolute atomic E-state index is 4.82. The van der Waals surface area contributed by atoms with Crippen LogP contribution in [0.1, 0.15) is 60.9 Å². The Balaban J connectivity index is 1.13. The van der Waals surface area contributed by atoms with Crippen LogP contribution in [0.5, 0.6) is 0 Å². The van der Waals surface area contributed by atoms with Gasteiger partial charge in [0.1, 0.15) is 5.82 Å². The van der Waals surface area contributed by atoms with Crippen molar-refractivity contribution in [3.63, 3.8) is 0 Å². The van der Waals surface area contributed by atoms with Crippen molar-refractivity contribution in [1.29, 1.82) is 0 Å². The Bertz CT molecular complexity index is 1130. The number of nitrogens with zero attached hydrogens (tertiary/aromatic N) is 3. The first-order valence-electron chi connectivity index (χ1n) is 12.3. The van der Waals surface area contributed by atoms with Crippen molar-refractivity contribution < 1.29 is 0 Å². The minimum atomic E-state index is 0.452. The van der Waals surface area contributed by atoms with Crippen LogP contribution in [0, 0.1) is 5.92 Å². The Kier molecular flexibility index (Phi) is 6.65. The van der Waals surface area contributed by atoms with Gasteiger partial charge in [0.05, 0.1) is 5.52 Å². The zero-order chi connectivity index (χ0) is 22.8. The number of para-hydroxylation sites is 1. The number of nitrogens with one attached hydrogen (secondary N) is 2. The highest BCUT2D eigenvalue weighted by atomic mass is 32.1. The van der Waals surface area contributed by atoms with E-state index in [4.69, 9.17) is 9.97 Å². The molecule has 0 amide bonds. The van der Waals surface area contributed by atoms with E-state index < -0.39 is 0 Å². The van der Waals surface area contributed by atoms with Crippen LogP contribution in [0.4, 0.5) is 11.8 Å². The first-order valence-corrected chi connectivity index (χ1v) is 13.1. The third-order valence-electron chi connectivity index (χ3n) is 7.10. The Hall–Kier alpha value is -2.44. The first kappa shape index (κ1) is 22.4. The van der Waals surface area contributed by atoms with E-state index in [0.717, 1.165) is 41.7 Å². The van der Waals surface area contributed by atoms with Crippen LogP contribution in [-0.4, -0.2) is 36.6 Å². The highest BCUT2D eigenvalue weighted by molar-refractivity contribution is 7.10. The van der Waals surface area contributed by atoms with Gasteiger partial charge in [-0.1, -0.05) is 31.2 Å². The molecule has 174 valence electrons. The summed E-state index contributed by atoms with van der Waals surface area (Å²) in [5.41, 5.74) is 3.95. The lowest BCUT2D eigenvalue weighted by Gasteiger charge is -2.29. The molecule has 5 nitrogen and oxygen atoms in total. The van der Waals surface area contributed by atoms with E-state index in [1.165, 1.54) is 43.2 Å². The molecular formula is C27H35N5S. The van der Waals surface area contributed by atoms with Gasteiger partial charge in [-0.3, -0.25) is 0 Å². The minimum Gasteiger partial charge on any atom is -0.362 e. The molecule has 3 aromatic rings. The molecule has 1 saturated carbocycles. The van der Waals surface area contributed by atoms with Gasteiger partial charge in [-0.15, -0.1) is 11.3 Å². The molecule has 0 aliphatic heterocycles. The van der Waals surface area contributed by atoms with Gasteiger partial charge in [0.25, 0.3) is 0 Å². The van der Waals surface area contributed by atoms with E-state index in [9.17, 15) is 0 Å². The molecule has 0 saturated heterocycles. The van der Waals surface area contributed by atoms with Gasteiger partial charge in [0, 0.05) is 36.9 Å². The molecule has 33 heavy (non-hydrogen) atoms. The lowest BCUT2D eigenvalue weighted by Crippen LogP contribution is -2.31. The fraction of sp³-hybridized carbons (Fsp3) is 0.481. The van der Waals surface area contributed by atoms with Gasteiger partial charge in [-0.2, -0.15) is 4.98 Å². The number of anilines is 2. The Morgan fingerprint density at radius 1 is 1.09 bits per heavy atom. The van der Waals surface area contributed by atoms with Crippen LogP contribution in [0.25, 0.3) is 17.0 Å². The summed E-state index contributed by atoms with van der Waals surface area (Å²) in [6.45, 7) is 4.43. The molecular weight excluding hydrogens is 426 g/mol. The lowest BCUT2D eigenvalue weighted by atomic mass is 9.86. The quantitative estimate of drug-likeness (QED) is 0.449. The van der Waals surface area contributed by atoms with Crippen molar-refractivity contribution in [3.8, 4) is 0 Å². The summed E-state index contributed by atoms with van der Waals surface area (Å²) >= 11 is 1.94. The highest BCUT2D eigenvalue weighted by Crippen LogP contribution is 2.36. The topological polar surface area (TPSA) is 53.1 Å². The number of aromatic nitrogens is 2. The summed E-state index contributed by atoms with van der Waals surface area (Å²) in [7, 11) is 4.08. The van der Waals surface area contributed by atoms with E-state index in [2.05, 4.69) is 52.1 Å². The van der Waals surface area contributed by atoms with Crippen molar-refractivity contribution in [2.45, 2.75) is 57.5 Å². The smallest absolute Gasteiger partial charge is 0.225 e. The van der Waals surface area contributed by atoms with Crippen molar-refractivity contribution in [2.24, 2.45) is 5.92 Å². The summed E-state index contributed by atoms with van der Waals surface area (Å²) in [5, 5.41) is 10.8. The van der Waals surface area contributed by atoms with E-state index >= 15 is 0 Å². The number of thiophene rings is 1. The third kappa shape index (κ3) is 4.92. The van der Waals surface area contributed by atoms with E-state index in [0.29, 0.717) is 12.0 Å². The van der Waals surface area contributed by atoms with Gasteiger partial charge in [-0.05, 0) is 79.1 Å². The van der Waals surface area contributed by atoms with Gasteiger partial charge in [0.2, 0.25) is 5.95 Å². The molecule has 1 unspecified atom stereocenters. The van der Waals surface area contributed by atoms with Crippen LogP contribution in [0.3, 0.4) is 0 Å². The predicted molar refractivity (Wildman–Crippen MR) is 141 cm³/mol. The second-order valence-corrected chi connectivity index (χ2v) is 10.8. The van der Waals surface area contributed by atoms with E-state index in [1.54, 1.807) is 4.88 Å². The fourth-order valence-corrected chi connectivity index (χ4v) is 6.33. The molecule has 5 rings (SSSR count). The first-order chi connectivity index (χ1) is 16.1. The standard InChI is InChI=1S/C27H35N5S/c1-18-7-6-9-22-20(17-33-25(18)22)16-28-15-19-11-13-21(14-12-19)29-27-30-24-10-5-4-8-23(24)26(31-27)32(2)3/h4-6,8-10,17-19,21,28H,7,11-16H2,1-3H3,(H,29,30,31). The number of hydrogen-bond acceptors (Lipinski definition) is 6. The molecule has 2 aliphatic rings. The molecule has 0 radical (unpaired) electrons. The van der Waals surface area contributed by atoms with Gasteiger partial charge in [0.15, 0.2) is 0 Å². The molecule has 2 aliphatic carbocycles. The van der Waals surface area contributed by atoms with Crippen molar-refractivity contribution in [2.75, 3.05) is 30.9 Å². The fourth-order valence-electron chi connectivity index (χ4n) is 5.19. The molecule has 2 aromatic heterocycles. The Labute approximate surface area is 201 Å². The van der Waals surface area contributed by atoms with Gasteiger partial charge < -0.3 is 15.5 Å². The van der Waals surface area contributed by atoms with E-state index in [1.807, 2.05) is 37.6 Å². The van der Waals surface area contributed by atoms with Crippen molar-refractivity contribution in [1.82, 2.24) is 15.3 Å². The number of rotatable bonds is 7. The van der Waals surface area contributed by atoms with Crippen LogP contribution in [-0.2, 0) is 6.54 Å². The zero-order valence-electron chi connectivity index (χ0n) is 20.0. The molecule has 1 fully saturated rings. The molecule has 1 aromatic carbocycles. The average molecular weight is 462 g/mol.